The summed E-state index contributed by atoms with van der Waals surface area (Å²) in [5.41, 5.74) is -1.11. The second-order valence-corrected chi connectivity index (χ2v) is 6.16. The molecule has 27 heavy (non-hydrogen) atoms. The molecular formula is C19H20F2N2O4. The Morgan fingerprint density at radius 2 is 1.74 bits per heavy atom. The van der Waals surface area contributed by atoms with Crippen molar-refractivity contribution in [2.24, 2.45) is 5.92 Å². The summed E-state index contributed by atoms with van der Waals surface area (Å²) in [4.78, 5) is 23.8. The van der Waals surface area contributed by atoms with Crippen LogP contribution in [0.15, 0.2) is 24.3 Å². The molecule has 0 aliphatic heterocycles. The fourth-order valence-corrected chi connectivity index (χ4v) is 1.87. The summed E-state index contributed by atoms with van der Waals surface area (Å²) >= 11 is 0. The molecule has 0 aliphatic rings. The van der Waals surface area contributed by atoms with E-state index >= 15 is 0 Å². The molecule has 0 aromatic heterocycles. The number of benzene rings is 1. The summed E-state index contributed by atoms with van der Waals surface area (Å²) in [6, 6.07) is 3.72. The highest BCUT2D eigenvalue weighted by molar-refractivity contribution is 5.97. The van der Waals surface area contributed by atoms with Gasteiger partial charge in [-0.3, -0.25) is 14.8 Å². The maximum Gasteiger partial charge on any atom is 0.269 e. The van der Waals surface area contributed by atoms with Gasteiger partial charge in [-0.05, 0) is 43.0 Å². The van der Waals surface area contributed by atoms with Crippen LogP contribution in [0.2, 0.25) is 0 Å². The number of nitrogens with one attached hydrogen (secondary N) is 2. The summed E-state index contributed by atoms with van der Waals surface area (Å²) in [6.07, 6.45) is -3.34. The van der Waals surface area contributed by atoms with Crippen molar-refractivity contribution in [1.29, 1.82) is 0 Å². The fourth-order valence-electron chi connectivity index (χ4n) is 1.87. The second-order valence-electron chi connectivity index (χ2n) is 6.16. The van der Waals surface area contributed by atoms with Gasteiger partial charge < -0.3 is 10.4 Å². The number of carbonyl (C=O) groups is 2. The lowest BCUT2D eigenvalue weighted by Gasteiger charge is -2.30. The first kappa shape index (κ1) is 22.1. The molecule has 0 saturated heterocycles. The van der Waals surface area contributed by atoms with Crippen LogP contribution in [0, 0.1) is 29.6 Å². The van der Waals surface area contributed by atoms with Crippen LogP contribution in [0.25, 0.3) is 0 Å². The van der Waals surface area contributed by atoms with E-state index in [1.165, 1.54) is 24.3 Å². The number of rotatable bonds is 5. The number of aliphatic hydroxyl groups is 1. The third kappa shape index (κ3) is 6.37. The minimum Gasteiger partial charge on any atom is -0.381 e. The highest BCUT2D eigenvalue weighted by Crippen LogP contribution is 2.20. The first-order valence-corrected chi connectivity index (χ1v) is 7.96. The van der Waals surface area contributed by atoms with Crippen molar-refractivity contribution in [3.05, 3.63) is 35.4 Å². The number of hydroxylamine groups is 1. The Bertz CT molecular complexity index is 797. The van der Waals surface area contributed by atoms with Crippen LogP contribution in [0.1, 0.15) is 36.7 Å². The molecular weight excluding hydrogens is 358 g/mol. The minimum absolute atomic E-state index is 0.0506. The molecule has 0 fully saturated rings. The van der Waals surface area contributed by atoms with Crippen LogP contribution in [0.3, 0.4) is 0 Å². The van der Waals surface area contributed by atoms with Gasteiger partial charge >= 0.3 is 0 Å². The molecule has 0 aliphatic carbocycles. The highest BCUT2D eigenvalue weighted by Gasteiger charge is 2.46. The average Bonchev–Trinajstić information content (AvgIpc) is 2.62. The molecule has 0 heterocycles. The molecule has 0 unspecified atom stereocenters. The van der Waals surface area contributed by atoms with Crippen molar-refractivity contribution in [2.75, 3.05) is 0 Å². The number of alkyl halides is 2. The minimum atomic E-state index is -3.34. The van der Waals surface area contributed by atoms with Gasteiger partial charge in [0.1, 0.15) is 6.04 Å². The maximum atomic E-state index is 13.0. The topological polar surface area (TPSA) is 98.7 Å². The van der Waals surface area contributed by atoms with E-state index in [0.717, 1.165) is 5.48 Å². The van der Waals surface area contributed by atoms with Gasteiger partial charge in [-0.1, -0.05) is 25.7 Å². The zero-order valence-electron chi connectivity index (χ0n) is 15.0. The third-order valence-electron chi connectivity index (χ3n) is 3.45. The number of halogens is 2. The van der Waals surface area contributed by atoms with Gasteiger partial charge in [-0.25, -0.2) is 14.3 Å². The normalized spacial score (nSPS) is 13.5. The van der Waals surface area contributed by atoms with Crippen LogP contribution < -0.4 is 10.8 Å². The standard InChI is InChI=1S/C19H20F2N2O4/c1-12(2)6-4-5-7-13-8-10-14(11-9-13)16(24)22-15(17(25)23-27)19(3,26)18(20)21/h8-12,15,18,26-27H,1-3H3,(H,22,24)(H,23,25)/t15-,19+/m1/s1. The van der Waals surface area contributed by atoms with Crippen molar-refractivity contribution in [1.82, 2.24) is 10.8 Å². The Morgan fingerprint density at radius 3 is 2.22 bits per heavy atom. The van der Waals surface area contributed by atoms with Crippen molar-refractivity contribution in [2.45, 2.75) is 38.8 Å². The van der Waals surface area contributed by atoms with E-state index in [9.17, 15) is 23.5 Å². The predicted octanol–water partition coefficient (Wildman–Crippen LogP) is 1.32. The van der Waals surface area contributed by atoms with Gasteiger partial charge in [-0.2, -0.15) is 0 Å². The Hall–Kier alpha value is -2.94. The maximum absolute atomic E-state index is 13.0. The Morgan fingerprint density at radius 1 is 1.15 bits per heavy atom. The summed E-state index contributed by atoms with van der Waals surface area (Å²) in [6.45, 7) is 4.53. The lowest BCUT2D eigenvalue weighted by molar-refractivity contribution is -0.149. The average molecular weight is 378 g/mol. The summed E-state index contributed by atoms with van der Waals surface area (Å²) in [5.74, 6) is 8.94. The lowest BCUT2D eigenvalue weighted by Crippen LogP contribution is -2.61. The van der Waals surface area contributed by atoms with E-state index in [2.05, 4.69) is 23.7 Å². The number of carbonyl (C=O) groups excluding carboxylic acids is 2. The smallest absolute Gasteiger partial charge is 0.269 e. The van der Waals surface area contributed by atoms with Gasteiger partial charge in [0.2, 0.25) is 0 Å². The number of hydrogen-bond donors (Lipinski definition) is 4. The zero-order valence-corrected chi connectivity index (χ0v) is 15.0. The molecule has 4 N–H and O–H groups in total. The predicted molar refractivity (Wildman–Crippen MR) is 93.7 cm³/mol. The third-order valence-corrected chi connectivity index (χ3v) is 3.45. The summed E-state index contributed by atoms with van der Waals surface area (Å²) < 4.78 is 25.9. The van der Waals surface area contributed by atoms with Crippen LogP contribution in [-0.4, -0.2) is 40.2 Å². The van der Waals surface area contributed by atoms with Crippen LogP contribution in [0.5, 0.6) is 0 Å². The van der Waals surface area contributed by atoms with E-state index in [0.29, 0.717) is 12.5 Å². The van der Waals surface area contributed by atoms with Crippen molar-refractivity contribution in [3.8, 4) is 23.7 Å². The molecule has 0 spiro atoms. The van der Waals surface area contributed by atoms with E-state index in [1.807, 2.05) is 19.2 Å². The molecule has 144 valence electrons. The van der Waals surface area contributed by atoms with E-state index in [-0.39, 0.29) is 11.5 Å². The lowest BCUT2D eigenvalue weighted by atomic mass is 9.95. The number of amides is 2. The van der Waals surface area contributed by atoms with Crippen molar-refractivity contribution in [3.63, 3.8) is 0 Å². The first-order chi connectivity index (χ1) is 12.6. The van der Waals surface area contributed by atoms with E-state index in [4.69, 9.17) is 5.21 Å². The fraction of sp³-hybridized carbons (Fsp3) is 0.368. The molecule has 2 atom stereocenters. The van der Waals surface area contributed by atoms with Crippen LogP contribution in [-0.2, 0) is 4.79 Å². The molecule has 0 bridgehead atoms. The van der Waals surface area contributed by atoms with Crippen LogP contribution >= 0.6 is 0 Å². The molecule has 6 nitrogen and oxygen atoms in total. The zero-order chi connectivity index (χ0) is 20.6. The molecule has 2 amide bonds. The van der Waals surface area contributed by atoms with Crippen molar-refractivity contribution < 1.29 is 28.7 Å². The molecule has 0 radical (unpaired) electrons. The summed E-state index contributed by atoms with van der Waals surface area (Å²) in [7, 11) is 0. The van der Waals surface area contributed by atoms with Gasteiger partial charge in [-0.15, -0.1) is 0 Å². The monoisotopic (exact) mass is 378 g/mol. The molecule has 0 saturated carbocycles. The van der Waals surface area contributed by atoms with Crippen LogP contribution in [0.4, 0.5) is 8.78 Å². The Kier molecular flexibility index (Phi) is 7.92. The SMILES string of the molecule is CC(C)C#CC#Cc1ccc(C(=O)N[C@H](C(=O)NO)[C@](C)(O)C(F)F)cc1. The largest absolute Gasteiger partial charge is 0.381 e. The van der Waals surface area contributed by atoms with Gasteiger partial charge in [0.05, 0.1) is 0 Å². The van der Waals surface area contributed by atoms with Gasteiger partial charge in [0.15, 0.2) is 5.60 Å². The molecule has 1 aromatic rings. The molecule has 1 aromatic carbocycles. The van der Waals surface area contributed by atoms with Crippen molar-refractivity contribution >= 4 is 11.8 Å². The van der Waals surface area contributed by atoms with Gasteiger partial charge in [0, 0.05) is 17.0 Å². The molecule has 1 rings (SSSR count). The number of hydrogen-bond acceptors (Lipinski definition) is 4. The first-order valence-electron chi connectivity index (χ1n) is 7.96. The second kappa shape index (κ2) is 9.67. The van der Waals surface area contributed by atoms with Gasteiger partial charge in [0.25, 0.3) is 18.2 Å². The highest BCUT2D eigenvalue weighted by atomic mass is 19.3. The summed E-state index contributed by atoms with van der Waals surface area (Å²) in [5, 5.41) is 20.4. The Labute approximate surface area is 155 Å². The van der Waals surface area contributed by atoms with E-state index < -0.39 is 29.9 Å². The quantitative estimate of drug-likeness (QED) is 0.353. The Balaban J connectivity index is 2.95. The molecule has 8 heteroatoms. The van der Waals surface area contributed by atoms with E-state index in [1.54, 1.807) is 0 Å².